The monoisotopic (exact) mass is 478 g/mol. The minimum atomic E-state index is -0.974. The molecule has 0 radical (unpaired) electrons. The summed E-state index contributed by atoms with van der Waals surface area (Å²) in [6.07, 6.45) is 6.65. The van der Waals surface area contributed by atoms with Gasteiger partial charge in [0.1, 0.15) is 5.82 Å². The summed E-state index contributed by atoms with van der Waals surface area (Å²) in [5, 5.41) is 19.5. The Bertz CT molecular complexity index is 1280. The summed E-state index contributed by atoms with van der Waals surface area (Å²) < 4.78 is 5.77. The van der Waals surface area contributed by atoms with E-state index in [2.05, 4.69) is 20.6 Å². The number of pyridine rings is 2. The summed E-state index contributed by atoms with van der Waals surface area (Å²) in [4.78, 5) is 20.2. The third-order valence-electron chi connectivity index (χ3n) is 5.50. The minimum Gasteiger partial charge on any atom is -0.478 e. The van der Waals surface area contributed by atoms with Crippen molar-refractivity contribution in [1.82, 2.24) is 9.97 Å². The quantitative estimate of drug-likeness (QED) is 0.174. The van der Waals surface area contributed by atoms with E-state index in [0.29, 0.717) is 31.1 Å². The first kappa shape index (κ1) is 23.7. The molecule has 0 bridgehead atoms. The molecule has 0 amide bonds. The van der Waals surface area contributed by atoms with Gasteiger partial charge >= 0.3 is 5.97 Å². The topological polar surface area (TPSA) is 96.4 Å². The SMILES string of the molecule is O=C(O)c1ccc2c(c1)nc(NCCOCCCCCNc1cccc(Cl)c1)c1ccncc12. The number of carbonyl (C=O) groups is 1. The third-order valence-corrected chi connectivity index (χ3v) is 5.74. The number of carboxylic acid groups (broad SMARTS) is 1. The molecule has 3 N–H and O–H groups in total. The van der Waals surface area contributed by atoms with E-state index in [1.54, 1.807) is 30.6 Å². The van der Waals surface area contributed by atoms with E-state index in [4.69, 9.17) is 16.3 Å². The summed E-state index contributed by atoms with van der Waals surface area (Å²) in [5.41, 5.74) is 1.87. The fourth-order valence-electron chi connectivity index (χ4n) is 3.80. The van der Waals surface area contributed by atoms with Crippen molar-refractivity contribution in [3.63, 3.8) is 0 Å². The van der Waals surface area contributed by atoms with Crippen LogP contribution < -0.4 is 10.6 Å². The van der Waals surface area contributed by atoms with Crippen LogP contribution in [0.2, 0.25) is 5.02 Å². The zero-order valence-electron chi connectivity index (χ0n) is 18.8. The van der Waals surface area contributed by atoms with E-state index in [0.717, 1.165) is 52.7 Å². The molecule has 4 rings (SSSR count). The van der Waals surface area contributed by atoms with Crippen LogP contribution in [0.3, 0.4) is 0 Å². The van der Waals surface area contributed by atoms with E-state index in [-0.39, 0.29) is 5.56 Å². The van der Waals surface area contributed by atoms with Gasteiger partial charge in [0.15, 0.2) is 0 Å². The molecule has 0 aliphatic heterocycles. The second kappa shape index (κ2) is 11.6. The number of unbranched alkanes of at least 4 members (excludes halogenated alkanes) is 2. The van der Waals surface area contributed by atoms with Crippen LogP contribution in [0.15, 0.2) is 60.9 Å². The highest BCUT2D eigenvalue weighted by molar-refractivity contribution is 6.30. The molecule has 0 fully saturated rings. The molecule has 176 valence electrons. The Morgan fingerprint density at radius 1 is 0.941 bits per heavy atom. The van der Waals surface area contributed by atoms with Crippen LogP contribution in [0.4, 0.5) is 11.5 Å². The first-order valence-corrected chi connectivity index (χ1v) is 11.7. The first-order chi connectivity index (χ1) is 16.6. The number of anilines is 2. The number of nitrogens with zero attached hydrogens (tertiary/aromatic N) is 2. The van der Waals surface area contributed by atoms with E-state index >= 15 is 0 Å². The van der Waals surface area contributed by atoms with Crippen LogP contribution in [0, 0.1) is 0 Å². The summed E-state index contributed by atoms with van der Waals surface area (Å²) in [6, 6.07) is 14.6. The van der Waals surface area contributed by atoms with E-state index in [9.17, 15) is 9.90 Å². The molecule has 0 unspecified atom stereocenters. The molecule has 2 heterocycles. The van der Waals surface area contributed by atoms with Gasteiger partial charge in [-0.3, -0.25) is 4.98 Å². The molecule has 0 saturated heterocycles. The lowest BCUT2D eigenvalue weighted by atomic mass is 10.1. The number of ether oxygens (including phenoxy) is 1. The molecule has 34 heavy (non-hydrogen) atoms. The van der Waals surface area contributed by atoms with Crippen molar-refractivity contribution in [3.8, 4) is 0 Å². The summed E-state index contributed by atoms with van der Waals surface area (Å²) >= 11 is 5.99. The van der Waals surface area contributed by atoms with Crippen molar-refractivity contribution in [2.75, 3.05) is 36.9 Å². The number of fused-ring (bicyclic) bond motifs is 3. The fraction of sp³-hybridized carbons (Fsp3) is 0.269. The van der Waals surface area contributed by atoms with Crippen LogP contribution in [-0.4, -0.2) is 47.3 Å². The predicted molar refractivity (Wildman–Crippen MR) is 137 cm³/mol. The zero-order valence-corrected chi connectivity index (χ0v) is 19.5. The van der Waals surface area contributed by atoms with Gasteiger partial charge < -0.3 is 20.5 Å². The van der Waals surface area contributed by atoms with Crippen LogP contribution in [0.5, 0.6) is 0 Å². The van der Waals surface area contributed by atoms with Gasteiger partial charge in [-0.25, -0.2) is 9.78 Å². The van der Waals surface area contributed by atoms with Crippen LogP contribution in [0.25, 0.3) is 21.7 Å². The van der Waals surface area contributed by atoms with Crippen LogP contribution in [-0.2, 0) is 4.74 Å². The first-order valence-electron chi connectivity index (χ1n) is 11.3. The van der Waals surface area contributed by atoms with Crippen molar-refractivity contribution in [1.29, 1.82) is 0 Å². The minimum absolute atomic E-state index is 0.209. The largest absolute Gasteiger partial charge is 0.478 e. The molecule has 0 saturated carbocycles. The van der Waals surface area contributed by atoms with Gasteiger partial charge in [0.05, 0.1) is 17.7 Å². The van der Waals surface area contributed by atoms with E-state index in [1.807, 2.05) is 30.3 Å². The normalized spacial score (nSPS) is 11.1. The zero-order chi connectivity index (χ0) is 23.8. The van der Waals surface area contributed by atoms with Gasteiger partial charge in [-0.1, -0.05) is 23.7 Å². The molecule has 0 spiro atoms. The van der Waals surface area contributed by atoms with Gasteiger partial charge in [-0.15, -0.1) is 0 Å². The van der Waals surface area contributed by atoms with Crippen molar-refractivity contribution in [2.24, 2.45) is 0 Å². The lowest BCUT2D eigenvalue weighted by Gasteiger charge is -2.12. The Labute approximate surface area is 203 Å². The fourth-order valence-corrected chi connectivity index (χ4v) is 3.99. The average Bonchev–Trinajstić information content (AvgIpc) is 2.84. The molecule has 2 aromatic heterocycles. The van der Waals surface area contributed by atoms with Crippen molar-refractivity contribution in [3.05, 3.63) is 71.5 Å². The van der Waals surface area contributed by atoms with Crippen LogP contribution >= 0.6 is 11.6 Å². The summed E-state index contributed by atoms with van der Waals surface area (Å²) in [5.74, 6) is -0.277. The highest BCUT2D eigenvalue weighted by Gasteiger charge is 2.11. The molecular weight excluding hydrogens is 452 g/mol. The number of nitrogens with one attached hydrogen (secondary N) is 2. The highest BCUT2D eigenvalue weighted by Crippen LogP contribution is 2.29. The molecule has 0 aliphatic carbocycles. The Kier molecular flexibility index (Phi) is 8.12. The molecule has 8 heteroatoms. The third kappa shape index (κ3) is 6.12. The number of hydrogen-bond donors (Lipinski definition) is 3. The molecule has 0 aliphatic rings. The number of aromatic carboxylic acids is 1. The van der Waals surface area contributed by atoms with Crippen molar-refractivity contribution in [2.45, 2.75) is 19.3 Å². The summed E-state index contributed by atoms with van der Waals surface area (Å²) in [6.45, 7) is 2.77. The number of carboxylic acids is 1. The predicted octanol–water partition coefficient (Wildman–Crippen LogP) is 5.85. The molecular formula is C26H27ClN4O3. The Hall–Kier alpha value is -3.42. The van der Waals surface area contributed by atoms with Gasteiger partial charge in [-0.05, 0) is 55.7 Å². The van der Waals surface area contributed by atoms with Gasteiger partial charge in [0.2, 0.25) is 0 Å². The number of benzene rings is 2. The Morgan fingerprint density at radius 3 is 2.71 bits per heavy atom. The number of hydrogen-bond acceptors (Lipinski definition) is 6. The highest BCUT2D eigenvalue weighted by atomic mass is 35.5. The summed E-state index contributed by atoms with van der Waals surface area (Å²) in [7, 11) is 0. The number of aromatic nitrogens is 2. The Balaban J connectivity index is 1.22. The van der Waals surface area contributed by atoms with Crippen molar-refractivity contribution < 1.29 is 14.6 Å². The maximum Gasteiger partial charge on any atom is 0.335 e. The second-order valence-corrected chi connectivity index (χ2v) is 8.39. The number of rotatable bonds is 12. The maximum atomic E-state index is 11.3. The number of halogens is 1. The van der Waals surface area contributed by atoms with Gasteiger partial charge in [-0.2, -0.15) is 0 Å². The lowest BCUT2D eigenvalue weighted by Crippen LogP contribution is -2.11. The van der Waals surface area contributed by atoms with Crippen LogP contribution in [0.1, 0.15) is 29.6 Å². The Morgan fingerprint density at radius 2 is 1.85 bits per heavy atom. The standard InChI is InChI=1S/C26H27ClN4O3/c27-19-5-4-6-20(16-19)29-10-2-1-3-13-34-14-12-30-25-22-9-11-28-17-23(22)21-8-7-18(26(32)33)15-24(21)31-25/h4-9,11,15-17,29H,1-3,10,12-14H2,(H,30,31)(H,32,33). The lowest BCUT2D eigenvalue weighted by molar-refractivity contribution is 0.0697. The maximum absolute atomic E-state index is 11.3. The molecule has 0 atom stereocenters. The van der Waals surface area contributed by atoms with Crippen molar-refractivity contribution >= 4 is 50.8 Å². The smallest absolute Gasteiger partial charge is 0.335 e. The van der Waals surface area contributed by atoms with E-state index < -0.39 is 5.97 Å². The van der Waals surface area contributed by atoms with Gasteiger partial charge in [0.25, 0.3) is 0 Å². The average molecular weight is 479 g/mol. The molecule has 2 aromatic carbocycles. The molecule has 4 aromatic rings. The molecule has 7 nitrogen and oxygen atoms in total. The van der Waals surface area contributed by atoms with Gasteiger partial charge in [0, 0.05) is 59.0 Å². The second-order valence-electron chi connectivity index (χ2n) is 7.96. The van der Waals surface area contributed by atoms with E-state index in [1.165, 1.54) is 0 Å².